The van der Waals surface area contributed by atoms with Gasteiger partial charge in [0.2, 0.25) is 0 Å². The minimum Gasteiger partial charge on any atom is -0.314 e. The van der Waals surface area contributed by atoms with Crippen molar-refractivity contribution in [3.8, 4) is 0 Å². The summed E-state index contributed by atoms with van der Waals surface area (Å²) in [5, 5.41) is 3.19. The van der Waals surface area contributed by atoms with Crippen LogP contribution in [-0.4, -0.2) is 44.4 Å². The second-order valence-electron chi connectivity index (χ2n) is 3.69. The van der Waals surface area contributed by atoms with E-state index >= 15 is 0 Å². The molecule has 2 N–H and O–H groups in total. The van der Waals surface area contributed by atoms with Crippen molar-refractivity contribution in [3.05, 3.63) is 0 Å². The molecule has 6 heteroatoms. The fourth-order valence-electron chi connectivity index (χ4n) is 1.85. The lowest BCUT2D eigenvalue weighted by atomic mass is 10.2. The Morgan fingerprint density at radius 3 is 2.29 bits per heavy atom. The van der Waals surface area contributed by atoms with Gasteiger partial charge in [-0.3, -0.25) is 0 Å². The molecule has 0 bridgehead atoms. The van der Waals surface area contributed by atoms with Crippen LogP contribution in [0.5, 0.6) is 0 Å². The summed E-state index contributed by atoms with van der Waals surface area (Å²) in [5.41, 5.74) is 0. The van der Waals surface area contributed by atoms with Crippen LogP contribution in [0.25, 0.3) is 0 Å². The predicted octanol–water partition coefficient (Wildman–Crippen LogP) is -0.477. The molecule has 1 saturated heterocycles. The van der Waals surface area contributed by atoms with Gasteiger partial charge in [-0.1, -0.05) is 6.92 Å². The molecule has 5 nitrogen and oxygen atoms in total. The molecule has 14 heavy (non-hydrogen) atoms. The minimum atomic E-state index is -3.29. The summed E-state index contributed by atoms with van der Waals surface area (Å²) in [6, 6.07) is 0.0330. The van der Waals surface area contributed by atoms with Crippen LogP contribution in [-0.2, 0) is 10.2 Å². The summed E-state index contributed by atoms with van der Waals surface area (Å²) in [7, 11) is -3.29. The van der Waals surface area contributed by atoms with Crippen LogP contribution in [0.15, 0.2) is 0 Å². The molecule has 0 saturated carbocycles. The average Bonchev–Trinajstić information content (AvgIpc) is 2.02. The van der Waals surface area contributed by atoms with E-state index in [2.05, 4.69) is 10.0 Å². The fraction of sp³-hybridized carbons (Fsp3) is 1.00. The summed E-state index contributed by atoms with van der Waals surface area (Å²) in [6.07, 6.45) is 0. The number of hydrogen-bond donors (Lipinski definition) is 2. The monoisotopic (exact) mass is 221 g/mol. The molecule has 84 valence electrons. The van der Waals surface area contributed by atoms with Crippen molar-refractivity contribution < 1.29 is 8.42 Å². The predicted molar refractivity (Wildman–Crippen MR) is 56.2 cm³/mol. The molecule has 0 spiro atoms. The Hall–Kier alpha value is -0.170. The number of rotatable bonds is 3. The number of piperazine rings is 1. The third-order valence-electron chi connectivity index (χ3n) is 2.35. The maximum Gasteiger partial charge on any atom is 0.280 e. The maximum atomic E-state index is 11.8. The molecular weight excluding hydrogens is 202 g/mol. The van der Waals surface area contributed by atoms with Gasteiger partial charge in [0.15, 0.2) is 0 Å². The van der Waals surface area contributed by atoms with Gasteiger partial charge in [0, 0.05) is 31.7 Å². The van der Waals surface area contributed by atoms with E-state index in [1.807, 2.05) is 13.8 Å². The van der Waals surface area contributed by atoms with Crippen molar-refractivity contribution in [2.75, 3.05) is 19.6 Å². The van der Waals surface area contributed by atoms with Gasteiger partial charge < -0.3 is 5.32 Å². The fourth-order valence-corrected chi connectivity index (χ4v) is 3.46. The standard InChI is InChI=1S/C8H19N3O2S/c1-4-10-14(12,13)11-7(2)5-9-6-8(11)3/h7-10H,4-6H2,1-3H3. The highest BCUT2D eigenvalue weighted by Gasteiger charge is 2.33. The largest absolute Gasteiger partial charge is 0.314 e. The smallest absolute Gasteiger partial charge is 0.280 e. The molecule has 1 rings (SSSR count). The normalized spacial score (nSPS) is 30.5. The van der Waals surface area contributed by atoms with E-state index in [-0.39, 0.29) is 12.1 Å². The SMILES string of the molecule is CCNS(=O)(=O)N1C(C)CNCC1C. The zero-order valence-electron chi connectivity index (χ0n) is 8.95. The molecule has 1 fully saturated rings. The van der Waals surface area contributed by atoms with Gasteiger partial charge in [0.1, 0.15) is 0 Å². The molecule has 1 heterocycles. The highest BCUT2D eigenvalue weighted by Crippen LogP contribution is 2.13. The lowest BCUT2D eigenvalue weighted by Crippen LogP contribution is -2.59. The molecule has 0 amide bonds. The lowest BCUT2D eigenvalue weighted by molar-refractivity contribution is 0.217. The Bertz CT molecular complexity index is 268. The van der Waals surface area contributed by atoms with E-state index in [4.69, 9.17) is 0 Å². The molecule has 1 aliphatic heterocycles. The minimum absolute atomic E-state index is 0.0165. The first-order valence-electron chi connectivity index (χ1n) is 4.98. The van der Waals surface area contributed by atoms with Gasteiger partial charge >= 0.3 is 0 Å². The highest BCUT2D eigenvalue weighted by molar-refractivity contribution is 7.87. The van der Waals surface area contributed by atoms with E-state index in [1.54, 1.807) is 11.2 Å². The Morgan fingerprint density at radius 2 is 1.86 bits per heavy atom. The average molecular weight is 221 g/mol. The Balaban J connectivity index is 2.82. The molecule has 0 aromatic carbocycles. The third kappa shape index (κ3) is 2.44. The van der Waals surface area contributed by atoms with Gasteiger partial charge in [-0.25, -0.2) is 4.72 Å². The van der Waals surface area contributed by atoms with E-state index in [0.29, 0.717) is 6.54 Å². The van der Waals surface area contributed by atoms with Gasteiger partial charge in [-0.15, -0.1) is 0 Å². The van der Waals surface area contributed by atoms with E-state index in [1.165, 1.54) is 0 Å². The summed E-state index contributed by atoms with van der Waals surface area (Å²) in [6.45, 7) is 7.49. The zero-order chi connectivity index (χ0) is 10.8. The van der Waals surface area contributed by atoms with Gasteiger partial charge in [-0.05, 0) is 13.8 Å². The van der Waals surface area contributed by atoms with Gasteiger partial charge in [0.05, 0.1) is 0 Å². The van der Waals surface area contributed by atoms with Crippen molar-refractivity contribution in [3.63, 3.8) is 0 Å². The third-order valence-corrected chi connectivity index (χ3v) is 4.28. The molecule has 0 aliphatic carbocycles. The molecule has 2 unspecified atom stereocenters. The topological polar surface area (TPSA) is 61.4 Å². The second-order valence-corrected chi connectivity index (χ2v) is 5.35. The summed E-state index contributed by atoms with van der Waals surface area (Å²) >= 11 is 0. The molecule has 1 aliphatic rings. The first-order chi connectivity index (χ1) is 6.49. The summed E-state index contributed by atoms with van der Waals surface area (Å²) in [4.78, 5) is 0. The van der Waals surface area contributed by atoms with Crippen LogP contribution in [0.4, 0.5) is 0 Å². The van der Waals surface area contributed by atoms with Gasteiger partial charge in [0.25, 0.3) is 10.2 Å². The lowest BCUT2D eigenvalue weighted by Gasteiger charge is -2.37. The van der Waals surface area contributed by atoms with Crippen molar-refractivity contribution >= 4 is 10.2 Å². The van der Waals surface area contributed by atoms with Crippen molar-refractivity contribution in [1.82, 2.24) is 14.3 Å². The molecule has 0 aromatic heterocycles. The van der Waals surface area contributed by atoms with Crippen molar-refractivity contribution in [1.29, 1.82) is 0 Å². The van der Waals surface area contributed by atoms with Crippen molar-refractivity contribution in [2.24, 2.45) is 0 Å². The molecular formula is C8H19N3O2S. The number of hydrogen-bond acceptors (Lipinski definition) is 3. The van der Waals surface area contributed by atoms with Gasteiger partial charge in [-0.2, -0.15) is 12.7 Å². The van der Waals surface area contributed by atoms with Crippen LogP contribution >= 0.6 is 0 Å². The van der Waals surface area contributed by atoms with E-state index in [9.17, 15) is 8.42 Å². The van der Waals surface area contributed by atoms with Crippen LogP contribution in [0.3, 0.4) is 0 Å². The summed E-state index contributed by atoms with van der Waals surface area (Å²) in [5.74, 6) is 0. The quantitative estimate of drug-likeness (QED) is 0.677. The van der Waals surface area contributed by atoms with Crippen LogP contribution < -0.4 is 10.0 Å². The Labute approximate surface area is 86.0 Å². The van der Waals surface area contributed by atoms with Crippen molar-refractivity contribution in [2.45, 2.75) is 32.9 Å². The number of nitrogens with one attached hydrogen (secondary N) is 2. The molecule has 0 aromatic rings. The Kier molecular flexibility index (Phi) is 3.88. The Morgan fingerprint density at radius 1 is 1.36 bits per heavy atom. The second kappa shape index (κ2) is 4.57. The van der Waals surface area contributed by atoms with E-state index < -0.39 is 10.2 Å². The first kappa shape index (κ1) is 11.9. The molecule has 0 radical (unpaired) electrons. The van der Waals surface area contributed by atoms with Crippen LogP contribution in [0.1, 0.15) is 20.8 Å². The van der Waals surface area contributed by atoms with E-state index in [0.717, 1.165) is 13.1 Å². The van der Waals surface area contributed by atoms with Crippen LogP contribution in [0.2, 0.25) is 0 Å². The number of nitrogens with zero attached hydrogens (tertiary/aromatic N) is 1. The van der Waals surface area contributed by atoms with Crippen LogP contribution in [0, 0.1) is 0 Å². The zero-order valence-corrected chi connectivity index (χ0v) is 9.76. The molecule has 2 atom stereocenters. The summed E-state index contributed by atoms with van der Waals surface area (Å²) < 4.78 is 27.7. The first-order valence-corrected chi connectivity index (χ1v) is 6.42. The highest BCUT2D eigenvalue weighted by atomic mass is 32.2. The maximum absolute atomic E-state index is 11.8.